The highest BCUT2D eigenvalue weighted by atomic mass is 16.5. The third kappa shape index (κ3) is 16.7. The van der Waals surface area contributed by atoms with E-state index in [2.05, 4.69) is 22.8 Å². The normalized spacial score (nSPS) is 10.8. The maximum absolute atomic E-state index is 11.2. The first-order valence-electron chi connectivity index (χ1n) is 9.02. The molecule has 7 heteroatoms. The summed E-state index contributed by atoms with van der Waals surface area (Å²) in [5.74, 6) is -2.10. The van der Waals surface area contributed by atoms with E-state index in [0.29, 0.717) is 13.2 Å². The topological polar surface area (TPSA) is 105 Å². The highest BCUT2D eigenvalue weighted by Gasteiger charge is 2.08. The number of hydrogen-bond acceptors (Lipinski definition) is 4. The van der Waals surface area contributed by atoms with Gasteiger partial charge in [0.1, 0.15) is 6.61 Å². The molecule has 0 rings (SSSR count). The summed E-state index contributed by atoms with van der Waals surface area (Å²) in [6.07, 6.45) is 13.7. The molecule has 0 saturated heterocycles. The third-order valence-corrected chi connectivity index (χ3v) is 3.57. The van der Waals surface area contributed by atoms with Gasteiger partial charge >= 0.3 is 17.8 Å². The maximum atomic E-state index is 11.2. The Morgan fingerprint density at radius 2 is 1.48 bits per heavy atom. The summed E-state index contributed by atoms with van der Waals surface area (Å²) in [6.45, 7) is 0.845. The van der Waals surface area contributed by atoms with E-state index in [1.54, 1.807) is 0 Å². The molecule has 25 heavy (non-hydrogen) atoms. The van der Waals surface area contributed by atoms with Crippen LogP contribution in [-0.4, -0.2) is 49.7 Å². The SMILES string of the molecule is CNC(=O)C(=O)NCCCC/C=C\CCCCCCCOCC(=O)O. The molecule has 0 fully saturated rings. The zero-order chi connectivity index (χ0) is 18.8. The van der Waals surface area contributed by atoms with Crippen LogP contribution in [0.4, 0.5) is 0 Å². The second-order valence-electron chi connectivity index (χ2n) is 5.80. The van der Waals surface area contributed by atoms with Crippen LogP contribution in [0, 0.1) is 0 Å². The molecular weight excluding hydrogens is 324 g/mol. The monoisotopic (exact) mass is 356 g/mol. The smallest absolute Gasteiger partial charge is 0.329 e. The molecule has 0 spiro atoms. The van der Waals surface area contributed by atoms with Gasteiger partial charge in [-0.15, -0.1) is 0 Å². The highest BCUT2D eigenvalue weighted by Crippen LogP contribution is 2.07. The molecule has 0 saturated carbocycles. The average Bonchev–Trinajstić information content (AvgIpc) is 2.60. The Balaban J connectivity index is 3.24. The van der Waals surface area contributed by atoms with Gasteiger partial charge in [-0.3, -0.25) is 9.59 Å². The molecule has 0 bridgehead atoms. The van der Waals surface area contributed by atoms with Gasteiger partial charge in [0.05, 0.1) is 0 Å². The second-order valence-corrected chi connectivity index (χ2v) is 5.80. The van der Waals surface area contributed by atoms with Crippen LogP contribution in [0.25, 0.3) is 0 Å². The van der Waals surface area contributed by atoms with Crippen molar-refractivity contribution < 1.29 is 24.2 Å². The van der Waals surface area contributed by atoms with E-state index in [9.17, 15) is 14.4 Å². The van der Waals surface area contributed by atoms with Crippen molar-refractivity contribution in [1.29, 1.82) is 0 Å². The molecule has 2 amide bonds. The summed E-state index contributed by atoms with van der Waals surface area (Å²) in [5.41, 5.74) is 0. The van der Waals surface area contributed by atoms with Crippen molar-refractivity contribution >= 4 is 17.8 Å². The minimum atomic E-state index is -0.916. The number of aliphatic carboxylic acids is 1. The minimum Gasteiger partial charge on any atom is -0.480 e. The molecule has 7 nitrogen and oxygen atoms in total. The number of allylic oxidation sites excluding steroid dienone is 2. The summed E-state index contributed by atoms with van der Waals surface area (Å²) in [4.78, 5) is 32.4. The van der Waals surface area contributed by atoms with Gasteiger partial charge in [-0.05, 0) is 38.5 Å². The van der Waals surface area contributed by atoms with E-state index in [1.807, 2.05) is 0 Å². The van der Waals surface area contributed by atoms with Crippen LogP contribution in [-0.2, 0) is 19.1 Å². The van der Waals surface area contributed by atoms with Gasteiger partial charge in [0.15, 0.2) is 0 Å². The fraction of sp³-hybridized carbons (Fsp3) is 0.722. The maximum Gasteiger partial charge on any atom is 0.329 e. The number of rotatable bonds is 15. The molecular formula is C18H32N2O5. The lowest BCUT2D eigenvalue weighted by atomic mass is 10.1. The Labute approximate surface area is 150 Å². The highest BCUT2D eigenvalue weighted by molar-refractivity contribution is 6.34. The van der Waals surface area contributed by atoms with Crippen LogP contribution < -0.4 is 10.6 Å². The number of carboxylic acids is 1. The zero-order valence-electron chi connectivity index (χ0n) is 15.2. The number of likely N-dealkylation sites (N-methyl/N-ethyl adjacent to an activating group) is 1. The van der Waals surface area contributed by atoms with Gasteiger partial charge in [0.2, 0.25) is 0 Å². The molecule has 3 N–H and O–H groups in total. The summed E-state index contributed by atoms with van der Waals surface area (Å²) >= 11 is 0. The number of amides is 2. The second kappa shape index (κ2) is 17.0. The molecule has 0 atom stereocenters. The van der Waals surface area contributed by atoms with Crippen molar-refractivity contribution in [2.24, 2.45) is 0 Å². The minimum absolute atomic E-state index is 0.203. The molecule has 0 aromatic carbocycles. The predicted molar refractivity (Wildman–Crippen MR) is 96.2 cm³/mol. The van der Waals surface area contributed by atoms with Crippen molar-refractivity contribution in [1.82, 2.24) is 10.6 Å². The Morgan fingerprint density at radius 1 is 0.880 bits per heavy atom. The number of hydrogen-bond donors (Lipinski definition) is 3. The van der Waals surface area contributed by atoms with Gasteiger partial charge in [0.25, 0.3) is 0 Å². The molecule has 0 unspecified atom stereocenters. The summed E-state index contributed by atoms with van der Waals surface area (Å²) in [6, 6.07) is 0. The van der Waals surface area contributed by atoms with Crippen molar-refractivity contribution in [2.45, 2.75) is 57.8 Å². The number of carbonyl (C=O) groups excluding carboxylic acids is 2. The standard InChI is InChI=1S/C18H32N2O5/c1-19-17(23)18(24)20-13-11-9-7-5-3-2-4-6-8-10-12-14-25-15-16(21)22/h3,5H,2,4,6-15H2,1H3,(H,19,23)(H,20,24)(H,21,22)/b5-3-. The molecule has 0 aliphatic carbocycles. The van der Waals surface area contributed by atoms with Crippen LogP contribution >= 0.6 is 0 Å². The quantitative estimate of drug-likeness (QED) is 0.236. The first-order valence-corrected chi connectivity index (χ1v) is 9.02. The fourth-order valence-corrected chi connectivity index (χ4v) is 2.17. The lowest BCUT2D eigenvalue weighted by molar-refractivity contribution is -0.142. The first kappa shape index (κ1) is 23.1. The average molecular weight is 356 g/mol. The van der Waals surface area contributed by atoms with Gasteiger partial charge in [-0.25, -0.2) is 4.79 Å². The van der Waals surface area contributed by atoms with Gasteiger partial charge < -0.3 is 20.5 Å². The van der Waals surface area contributed by atoms with Crippen molar-refractivity contribution in [3.05, 3.63) is 12.2 Å². The number of nitrogens with one attached hydrogen (secondary N) is 2. The number of unbranched alkanes of at least 4 members (excludes halogenated alkanes) is 7. The lowest BCUT2D eigenvalue weighted by Gasteiger charge is -2.02. The van der Waals surface area contributed by atoms with Crippen LogP contribution in [0.15, 0.2) is 12.2 Å². The third-order valence-electron chi connectivity index (χ3n) is 3.57. The molecule has 144 valence electrons. The Kier molecular flexibility index (Phi) is 15.7. The fourth-order valence-electron chi connectivity index (χ4n) is 2.17. The van der Waals surface area contributed by atoms with Crippen LogP contribution in [0.3, 0.4) is 0 Å². The first-order chi connectivity index (χ1) is 12.1. The Bertz CT molecular complexity index is 410. The van der Waals surface area contributed by atoms with E-state index in [-0.39, 0.29) is 6.61 Å². The van der Waals surface area contributed by atoms with Crippen molar-refractivity contribution in [3.8, 4) is 0 Å². The number of ether oxygens (including phenoxy) is 1. The number of carbonyl (C=O) groups is 3. The van der Waals surface area contributed by atoms with Crippen molar-refractivity contribution in [3.63, 3.8) is 0 Å². The molecule has 0 heterocycles. The predicted octanol–water partition coefficient (Wildman–Crippen LogP) is 2.02. The van der Waals surface area contributed by atoms with E-state index in [4.69, 9.17) is 9.84 Å². The van der Waals surface area contributed by atoms with Crippen LogP contribution in [0.2, 0.25) is 0 Å². The van der Waals surface area contributed by atoms with Gasteiger partial charge in [0, 0.05) is 20.2 Å². The van der Waals surface area contributed by atoms with E-state index in [0.717, 1.165) is 51.4 Å². The lowest BCUT2D eigenvalue weighted by Crippen LogP contribution is -2.38. The Hall–Kier alpha value is -1.89. The van der Waals surface area contributed by atoms with Crippen LogP contribution in [0.5, 0.6) is 0 Å². The molecule has 0 aromatic heterocycles. The molecule has 0 aliphatic rings. The van der Waals surface area contributed by atoms with Gasteiger partial charge in [-0.2, -0.15) is 0 Å². The largest absolute Gasteiger partial charge is 0.480 e. The summed E-state index contributed by atoms with van der Waals surface area (Å²) in [7, 11) is 1.43. The zero-order valence-corrected chi connectivity index (χ0v) is 15.2. The molecule has 0 aromatic rings. The summed E-state index contributed by atoms with van der Waals surface area (Å²) < 4.78 is 4.97. The van der Waals surface area contributed by atoms with Crippen molar-refractivity contribution in [2.75, 3.05) is 26.8 Å². The van der Waals surface area contributed by atoms with E-state index in [1.165, 1.54) is 13.5 Å². The van der Waals surface area contributed by atoms with E-state index >= 15 is 0 Å². The molecule has 0 aliphatic heterocycles. The van der Waals surface area contributed by atoms with E-state index < -0.39 is 17.8 Å². The number of carboxylic acid groups (broad SMARTS) is 1. The molecule has 0 radical (unpaired) electrons. The van der Waals surface area contributed by atoms with Gasteiger partial charge in [-0.1, -0.05) is 31.4 Å². The van der Waals surface area contributed by atoms with Crippen LogP contribution in [0.1, 0.15) is 57.8 Å². The summed E-state index contributed by atoms with van der Waals surface area (Å²) in [5, 5.41) is 13.3. The Morgan fingerprint density at radius 3 is 2.12 bits per heavy atom.